The van der Waals surface area contributed by atoms with Gasteiger partial charge in [0, 0.05) is 44.3 Å². The van der Waals surface area contributed by atoms with Crippen molar-refractivity contribution in [2.45, 2.75) is 51.6 Å². The molecule has 2 heterocycles. The number of nitrogens with zero attached hydrogens (tertiary/aromatic N) is 3. The number of piperidine rings is 1. The predicted molar refractivity (Wildman–Crippen MR) is 122 cm³/mol. The van der Waals surface area contributed by atoms with Crippen LogP contribution in [0.4, 0.5) is 0 Å². The smallest absolute Gasteiger partial charge is 0.168 e. The van der Waals surface area contributed by atoms with Crippen LogP contribution >= 0.6 is 0 Å². The highest BCUT2D eigenvalue weighted by Gasteiger charge is 2.45. The SMILES string of the molecule is CC1(C)C(Cc2ccc(C#N)cc2)C(N2CCCCC2)=CC=[N+]1Cc1ccccc1.[Br-]. The molecular formula is C27H32BrN3. The van der Waals surface area contributed by atoms with Crippen LogP contribution in [0.25, 0.3) is 0 Å². The first-order valence-corrected chi connectivity index (χ1v) is 11.2. The van der Waals surface area contributed by atoms with Crippen LogP contribution in [0.5, 0.6) is 0 Å². The van der Waals surface area contributed by atoms with Crippen LogP contribution < -0.4 is 17.0 Å². The summed E-state index contributed by atoms with van der Waals surface area (Å²) in [4.78, 5) is 2.62. The summed E-state index contributed by atoms with van der Waals surface area (Å²) >= 11 is 0. The molecule has 2 aliphatic rings. The van der Waals surface area contributed by atoms with Gasteiger partial charge in [-0.1, -0.05) is 42.5 Å². The van der Waals surface area contributed by atoms with Gasteiger partial charge in [-0.15, -0.1) is 0 Å². The summed E-state index contributed by atoms with van der Waals surface area (Å²) in [6.45, 7) is 8.02. The number of nitriles is 1. The first-order chi connectivity index (χ1) is 14.6. The molecule has 3 nitrogen and oxygen atoms in total. The molecule has 162 valence electrons. The molecule has 0 saturated carbocycles. The van der Waals surface area contributed by atoms with Crippen LogP contribution in [-0.4, -0.2) is 34.3 Å². The number of likely N-dealkylation sites (tertiary alicyclic amines) is 1. The van der Waals surface area contributed by atoms with Gasteiger partial charge in [0.15, 0.2) is 18.3 Å². The molecule has 0 spiro atoms. The average molecular weight is 478 g/mol. The predicted octanol–water partition coefficient (Wildman–Crippen LogP) is 2.17. The van der Waals surface area contributed by atoms with E-state index in [2.05, 4.69) is 84.1 Å². The van der Waals surface area contributed by atoms with Gasteiger partial charge < -0.3 is 21.9 Å². The van der Waals surface area contributed by atoms with E-state index in [0.29, 0.717) is 5.92 Å². The molecule has 4 rings (SSSR count). The largest absolute Gasteiger partial charge is 1.00 e. The van der Waals surface area contributed by atoms with Crippen molar-refractivity contribution in [3.8, 4) is 6.07 Å². The molecule has 2 aromatic rings. The van der Waals surface area contributed by atoms with Crippen molar-refractivity contribution in [2.75, 3.05) is 13.1 Å². The summed E-state index contributed by atoms with van der Waals surface area (Å²) in [6, 6.07) is 21.1. The number of allylic oxidation sites excluding steroid dienone is 1. The Bertz CT molecular complexity index is 962. The van der Waals surface area contributed by atoms with Crippen LogP contribution in [0.2, 0.25) is 0 Å². The van der Waals surface area contributed by atoms with Crippen molar-refractivity contribution in [1.29, 1.82) is 5.26 Å². The molecule has 1 fully saturated rings. The van der Waals surface area contributed by atoms with Crippen LogP contribution in [0.15, 0.2) is 66.4 Å². The van der Waals surface area contributed by atoms with Gasteiger partial charge in [-0.2, -0.15) is 5.26 Å². The molecule has 2 aromatic carbocycles. The fourth-order valence-electron chi connectivity index (χ4n) is 4.86. The highest BCUT2D eigenvalue weighted by Crippen LogP contribution is 2.37. The monoisotopic (exact) mass is 477 g/mol. The fraction of sp³-hybridized carbons (Fsp3) is 0.407. The van der Waals surface area contributed by atoms with Gasteiger partial charge in [-0.25, -0.2) is 4.58 Å². The summed E-state index contributed by atoms with van der Waals surface area (Å²) in [6.07, 6.45) is 9.59. The van der Waals surface area contributed by atoms with Crippen LogP contribution in [0.1, 0.15) is 49.8 Å². The van der Waals surface area contributed by atoms with Crippen LogP contribution in [0, 0.1) is 17.2 Å². The lowest BCUT2D eigenvalue weighted by atomic mass is 9.77. The maximum absolute atomic E-state index is 9.14. The van der Waals surface area contributed by atoms with E-state index >= 15 is 0 Å². The second-order valence-electron chi connectivity index (χ2n) is 9.12. The number of halogens is 1. The Morgan fingerprint density at radius 2 is 1.65 bits per heavy atom. The molecule has 0 aromatic heterocycles. The van der Waals surface area contributed by atoms with E-state index in [4.69, 9.17) is 5.26 Å². The van der Waals surface area contributed by atoms with E-state index < -0.39 is 0 Å². The maximum Gasteiger partial charge on any atom is 0.168 e. The first kappa shape index (κ1) is 23.3. The average Bonchev–Trinajstić information content (AvgIpc) is 2.78. The number of hydrogen-bond donors (Lipinski definition) is 0. The molecule has 0 N–H and O–H groups in total. The Labute approximate surface area is 197 Å². The topological polar surface area (TPSA) is 30.0 Å². The van der Waals surface area contributed by atoms with E-state index in [1.54, 1.807) is 0 Å². The van der Waals surface area contributed by atoms with Gasteiger partial charge in [0.25, 0.3) is 0 Å². The van der Waals surface area contributed by atoms with Gasteiger partial charge in [0.05, 0.1) is 17.6 Å². The molecule has 0 aliphatic carbocycles. The van der Waals surface area contributed by atoms with Crippen molar-refractivity contribution in [3.05, 3.63) is 83.1 Å². The molecule has 2 aliphatic heterocycles. The lowest BCUT2D eigenvalue weighted by molar-refractivity contribution is -0.621. The zero-order valence-electron chi connectivity index (χ0n) is 18.6. The summed E-state index contributed by atoms with van der Waals surface area (Å²) in [5, 5.41) is 9.14. The Hall–Kier alpha value is -2.38. The summed E-state index contributed by atoms with van der Waals surface area (Å²) in [5.41, 5.74) is 4.84. The molecule has 0 amide bonds. The summed E-state index contributed by atoms with van der Waals surface area (Å²) in [7, 11) is 0. The molecular weight excluding hydrogens is 446 g/mol. The van der Waals surface area contributed by atoms with E-state index in [-0.39, 0.29) is 22.5 Å². The van der Waals surface area contributed by atoms with Gasteiger partial charge in [0.1, 0.15) is 0 Å². The third kappa shape index (κ3) is 5.28. The Morgan fingerprint density at radius 1 is 0.968 bits per heavy atom. The van der Waals surface area contributed by atoms with Gasteiger partial charge >= 0.3 is 0 Å². The Morgan fingerprint density at radius 3 is 2.29 bits per heavy atom. The molecule has 1 saturated heterocycles. The van der Waals surface area contributed by atoms with Crippen LogP contribution in [0.3, 0.4) is 0 Å². The number of benzene rings is 2. The quantitative estimate of drug-likeness (QED) is 0.617. The van der Waals surface area contributed by atoms with Gasteiger partial charge in [-0.05, 0) is 43.4 Å². The second-order valence-corrected chi connectivity index (χ2v) is 9.12. The van der Waals surface area contributed by atoms with E-state index in [1.807, 2.05) is 12.1 Å². The normalized spacial score (nSPS) is 20.2. The molecule has 0 radical (unpaired) electrons. The Balaban J connectivity index is 0.00000272. The lowest BCUT2D eigenvalue weighted by Crippen LogP contribution is -3.00. The van der Waals surface area contributed by atoms with E-state index in [0.717, 1.165) is 31.6 Å². The minimum Gasteiger partial charge on any atom is -1.00 e. The van der Waals surface area contributed by atoms with Crippen molar-refractivity contribution < 1.29 is 21.6 Å². The summed E-state index contributed by atoms with van der Waals surface area (Å²) in [5.74, 6) is 0.400. The maximum atomic E-state index is 9.14. The fourth-order valence-corrected chi connectivity index (χ4v) is 4.86. The van der Waals surface area contributed by atoms with Crippen LogP contribution in [-0.2, 0) is 13.0 Å². The summed E-state index contributed by atoms with van der Waals surface area (Å²) < 4.78 is 2.50. The zero-order chi connectivity index (χ0) is 21.0. The highest BCUT2D eigenvalue weighted by atomic mass is 79.9. The second kappa shape index (κ2) is 10.3. The minimum absolute atomic E-state index is 0. The van der Waals surface area contributed by atoms with Crippen molar-refractivity contribution in [3.63, 3.8) is 0 Å². The van der Waals surface area contributed by atoms with Gasteiger partial charge in [-0.3, -0.25) is 0 Å². The lowest BCUT2D eigenvalue weighted by Gasteiger charge is -2.42. The van der Waals surface area contributed by atoms with Crippen molar-refractivity contribution in [2.24, 2.45) is 5.92 Å². The first-order valence-electron chi connectivity index (χ1n) is 11.2. The van der Waals surface area contributed by atoms with Crippen molar-refractivity contribution >= 4 is 6.21 Å². The highest BCUT2D eigenvalue weighted by molar-refractivity contribution is 5.69. The number of rotatable bonds is 5. The third-order valence-corrected chi connectivity index (χ3v) is 6.82. The molecule has 4 heteroatoms. The standard InChI is InChI=1S/C27H32N3.BrH/c1-27(2)25(19-22-11-13-23(20-28)14-12-22)26(29-16-7-4-8-17-29)15-18-30(27)21-24-9-5-3-6-10-24;/h3,5-6,9-15,18,25H,4,7-8,16-17,19,21H2,1-2H3;1H/q+1;/p-1. The third-order valence-electron chi connectivity index (χ3n) is 6.82. The zero-order valence-corrected chi connectivity index (χ0v) is 20.2. The van der Waals surface area contributed by atoms with Crippen molar-refractivity contribution in [1.82, 2.24) is 4.90 Å². The van der Waals surface area contributed by atoms with E-state index in [9.17, 15) is 0 Å². The van der Waals surface area contributed by atoms with Gasteiger partial charge in [0.2, 0.25) is 0 Å². The molecule has 0 bridgehead atoms. The van der Waals surface area contributed by atoms with E-state index in [1.165, 1.54) is 36.1 Å². The Kier molecular flexibility index (Phi) is 7.73. The molecule has 31 heavy (non-hydrogen) atoms. The number of hydrogen-bond acceptors (Lipinski definition) is 2. The molecule has 1 unspecified atom stereocenters. The molecule has 1 atom stereocenters. The minimum atomic E-state index is -0.00866.